The van der Waals surface area contributed by atoms with Gasteiger partial charge in [0.1, 0.15) is 12.3 Å². The van der Waals surface area contributed by atoms with Gasteiger partial charge in [0.05, 0.1) is 10.9 Å². The fourth-order valence-electron chi connectivity index (χ4n) is 3.31. The summed E-state index contributed by atoms with van der Waals surface area (Å²) in [4.78, 5) is 20.3. The number of aromatic amines is 1. The van der Waals surface area contributed by atoms with Crippen molar-refractivity contribution in [2.45, 2.75) is 18.0 Å². The molecule has 1 aliphatic rings. The molecule has 1 N–H and O–H groups in total. The lowest BCUT2D eigenvalue weighted by atomic mass is 10.0. The molecule has 9 heteroatoms. The number of halogens is 4. The summed E-state index contributed by atoms with van der Waals surface area (Å²) < 4.78 is 49.5. The Hall–Kier alpha value is -3.26. The standard InChI is InChI=1S/C23H18ClF3N2O3/c24-15-8-6-14(7-9-15)12-31-19-5-1-3-17(21(19)32-13-23(25,26)27)20(30)18-11-29-22-16(18)4-2-10-28-22/h1-8,10-11,15H,9,12-13H2,(H,28,29). The molecule has 1 unspecified atom stereocenters. The van der Waals surface area contributed by atoms with Gasteiger partial charge in [-0.05, 0) is 36.3 Å². The molecular formula is C23H18ClF3N2O3. The average molecular weight is 463 g/mol. The second-order valence-corrected chi connectivity index (χ2v) is 7.71. The summed E-state index contributed by atoms with van der Waals surface area (Å²) in [6, 6.07) is 7.79. The first kappa shape index (κ1) is 22.0. The minimum absolute atomic E-state index is 0.0366. The van der Waals surface area contributed by atoms with E-state index in [1.165, 1.54) is 24.4 Å². The van der Waals surface area contributed by atoms with E-state index >= 15 is 0 Å². The molecule has 0 amide bonds. The first-order valence-corrected chi connectivity index (χ1v) is 10.2. The summed E-state index contributed by atoms with van der Waals surface area (Å²) in [5.74, 6) is -0.724. The summed E-state index contributed by atoms with van der Waals surface area (Å²) in [7, 11) is 0. The molecule has 3 aromatic rings. The predicted molar refractivity (Wildman–Crippen MR) is 114 cm³/mol. The van der Waals surface area contributed by atoms with E-state index in [4.69, 9.17) is 21.1 Å². The van der Waals surface area contributed by atoms with Crippen molar-refractivity contribution in [3.63, 3.8) is 0 Å². The number of carbonyl (C=O) groups is 1. The monoisotopic (exact) mass is 462 g/mol. The second kappa shape index (κ2) is 9.08. The van der Waals surface area contributed by atoms with Crippen LogP contribution in [0, 0.1) is 0 Å². The van der Waals surface area contributed by atoms with Gasteiger partial charge in [-0.3, -0.25) is 4.79 Å². The Morgan fingerprint density at radius 1 is 1.19 bits per heavy atom. The number of hydrogen-bond donors (Lipinski definition) is 1. The van der Waals surface area contributed by atoms with Gasteiger partial charge in [-0.1, -0.05) is 24.3 Å². The molecule has 0 aliphatic heterocycles. The quantitative estimate of drug-likeness (QED) is 0.366. The SMILES string of the molecule is O=C(c1cccc(OCC2=CCC(Cl)C=C2)c1OCC(F)(F)F)c1c[nH]c2ncccc12. The fraction of sp³-hybridized carbons (Fsp3) is 0.217. The number of rotatable bonds is 7. The highest BCUT2D eigenvalue weighted by atomic mass is 35.5. The van der Waals surface area contributed by atoms with Crippen LogP contribution < -0.4 is 9.47 Å². The van der Waals surface area contributed by atoms with Crippen molar-refractivity contribution in [2.24, 2.45) is 0 Å². The number of para-hydroxylation sites is 1. The van der Waals surface area contributed by atoms with Crippen molar-refractivity contribution in [3.8, 4) is 11.5 Å². The first-order chi connectivity index (χ1) is 15.3. The molecule has 166 valence electrons. The number of ether oxygens (including phenoxy) is 2. The maximum atomic E-state index is 13.3. The molecule has 1 aromatic carbocycles. The van der Waals surface area contributed by atoms with Crippen LogP contribution in [-0.2, 0) is 0 Å². The number of carbonyl (C=O) groups excluding carboxylic acids is 1. The highest BCUT2D eigenvalue weighted by molar-refractivity contribution is 6.22. The Bertz CT molecular complexity index is 1200. The number of aromatic nitrogens is 2. The maximum Gasteiger partial charge on any atom is 0.422 e. The largest absolute Gasteiger partial charge is 0.485 e. The first-order valence-electron chi connectivity index (χ1n) is 9.75. The summed E-state index contributed by atoms with van der Waals surface area (Å²) >= 11 is 6.01. The van der Waals surface area contributed by atoms with E-state index in [9.17, 15) is 18.0 Å². The molecule has 4 rings (SSSR count). The molecular weight excluding hydrogens is 445 g/mol. The van der Waals surface area contributed by atoms with Crippen LogP contribution >= 0.6 is 11.6 Å². The van der Waals surface area contributed by atoms with Gasteiger partial charge < -0.3 is 14.5 Å². The normalized spacial score (nSPS) is 16.1. The van der Waals surface area contributed by atoms with Crippen molar-refractivity contribution in [2.75, 3.05) is 13.2 Å². The molecule has 0 bridgehead atoms. The zero-order valence-corrected chi connectivity index (χ0v) is 17.4. The average Bonchev–Trinajstić information content (AvgIpc) is 3.20. The van der Waals surface area contributed by atoms with Crippen molar-refractivity contribution in [3.05, 3.63) is 77.7 Å². The van der Waals surface area contributed by atoms with Crippen LogP contribution in [-0.4, -0.2) is 40.5 Å². The fourth-order valence-corrected chi connectivity index (χ4v) is 3.47. The summed E-state index contributed by atoms with van der Waals surface area (Å²) in [5.41, 5.74) is 1.55. The van der Waals surface area contributed by atoms with Crippen LogP contribution in [0.5, 0.6) is 11.5 Å². The van der Waals surface area contributed by atoms with E-state index in [1.54, 1.807) is 24.4 Å². The van der Waals surface area contributed by atoms with Gasteiger partial charge >= 0.3 is 6.18 Å². The second-order valence-electron chi connectivity index (χ2n) is 7.15. The number of alkyl halides is 4. The molecule has 0 fully saturated rings. The van der Waals surface area contributed by atoms with Crippen molar-refractivity contribution >= 4 is 28.4 Å². The molecule has 0 saturated carbocycles. The predicted octanol–water partition coefficient (Wildman–Crippen LogP) is 5.61. The van der Waals surface area contributed by atoms with Crippen molar-refractivity contribution in [1.82, 2.24) is 9.97 Å². The summed E-state index contributed by atoms with van der Waals surface area (Å²) in [6.45, 7) is -1.46. The van der Waals surface area contributed by atoms with Gasteiger partial charge in [-0.15, -0.1) is 11.6 Å². The Morgan fingerprint density at radius 2 is 2.03 bits per heavy atom. The molecule has 1 aliphatic carbocycles. The minimum atomic E-state index is -4.58. The number of fused-ring (bicyclic) bond motifs is 1. The van der Waals surface area contributed by atoms with Gasteiger partial charge in [0, 0.05) is 23.3 Å². The van der Waals surface area contributed by atoms with Gasteiger partial charge in [0.25, 0.3) is 0 Å². The van der Waals surface area contributed by atoms with Crippen LogP contribution in [0.4, 0.5) is 13.2 Å². The van der Waals surface area contributed by atoms with Gasteiger partial charge in [0.15, 0.2) is 23.9 Å². The zero-order chi connectivity index (χ0) is 22.7. The van der Waals surface area contributed by atoms with E-state index in [0.717, 1.165) is 5.57 Å². The molecule has 0 radical (unpaired) electrons. The number of hydrogen-bond acceptors (Lipinski definition) is 4. The third-order valence-electron chi connectivity index (χ3n) is 4.82. The summed E-state index contributed by atoms with van der Waals surface area (Å²) in [5, 5.41) is 0.453. The number of benzene rings is 1. The lowest BCUT2D eigenvalue weighted by molar-refractivity contribution is -0.153. The Balaban J connectivity index is 1.67. The maximum absolute atomic E-state index is 13.3. The smallest absolute Gasteiger partial charge is 0.422 e. The van der Waals surface area contributed by atoms with Gasteiger partial charge in [-0.2, -0.15) is 13.2 Å². The molecule has 0 saturated heterocycles. The Kier molecular flexibility index (Phi) is 6.23. The van der Waals surface area contributed by atoms with Crippen LogP contribution in [0.3, 0.4) is 0 Å². The topological polar surface area (TPSA) is 64.2 Å². The lowest BCUT2D eigenvalue weighted by Gasteiger charge is -2.18. The number of H-pyrrole nitrogens is 1. The van der Waals surface area contributed by atoms with Gasteiger partial charge in [0.2, 0.25) is 0 Å². The number of ketones is 1. The lowest BCUT2D eigenvalue weighted by Crippen LogP contribution is -2.21. The highest BCUT2D eigenvalue weighted by Gasteiger charge is 2.31. The van der Waals surface area contributed by atoms with E-state index in [0.29, 0.717) is 17.5 Å². The Morgan fingerprint density at radius 3 is 2.78 bits per heavy atom. The highest BCUT2D eigenvalue weighted by Crippen LogP contribution is 2.35. The minimum Gasteiger partial charge on any atom is -0.485 e. The van der Waals surface area contributed by atoms with Crippen molar-refractivity contribution in [1.29, 1.82) is 0 Å². The molecule has 5 nitrogen and oxygen atoms in total. The van der Waals surface area contributed by atoms with E-state index in [2.05, 4.69) is 9.97 Å². The molecule has 2 aromatic heterocycles. The molecule has 32 heavy (non-hydrogen) atoms. The molecule has 2 heterocycles. The van der Waals surface area contributed by atoms with E-state index < -0.39 is 18.6 Å². The van der Waals surface area contributed by atoms with E-state index in [1.807, 2.05) is 12.2 Å². The number of pyridine rings is 1. The third-order valence-corrected chi connectivity index (χ3v) is 5.14. The van der Waals surface area contributed by atoms with Crippen molar-refractivity contribution < 1.29 is 27.4 Å². The number of nitrogens with one attached hydrogen (secondary N) is 1. The van der Waals surface area contributed by atoms with Crippen LogP contribution in [0.15, 0.2) is 66.5 Å². The molecule has 1 atom stereocenters. The number of nitrogens with zero attached hydrogens (tertiary/aromatic N) is 1. The zero-order valence-electron chi connectivity index (χ0n) is 16.7. The van der Waals surface area contributed by atoms with Crippen LogP contribution in [0.2, 0.25) is 0 Å². The summed E-state index contributed by atoms with van der Waals surface area (Å²) in [6.07, 6.45) is 4.59. The third kappa shape index (κ3) is 4.96. The Labute approximate surface area is 186 Å². The van der Waals surface area contributed by atoms with Crippen LogP contribution in [0.25, 0.3) is 11.0 Å². The van der Waals surface area contributed by atoms with E-state index in [-0.39, 0.29) is 34.6 Å². The number of allylic oxidation sites excluding steroid dienone is 2. The van der Waals surface area contributed by atoms with Gasteiger partial charge in [-0.25, -0.2) is 4.98 Å². The molecule has 0 spiro atoms. The van der Waals surface area contributed by atoms with Crippen LogP contribution in [0.1, 0.15) is 22.3 Å².